The van der Waals surface area contributed by atoms with Crippen LogP contribution in [0.25, 0.3) is 0 Å². The van der Waals surface area contributed by atoms with Crippen molar-refractivity contribution in [1.29, 1.82) is 0 Å². The Bertz CT molecular complexity index is 1630. The molecule has 3 amide bonds. The molecule has 10 heteroatoms. The SMILES string of the molecule is O=C(O)CC(NC(=O)c1ccc(N2CCCN(C(=O)Cc3ccccc3)CC2)c(NC(=O)c2ccccc2)c1)c1cccnc1. The lowest BCUT2D eigenvalue weighted by Crippen LogP contribution is -2.36. The van der Waals surface area contributed by atoms with E-state index >= 15 is 0 Å². The molecule has 45 heavy (non-hydrogen) atoms. The molecule has 0 bridgehead atoms. The number of carboxylic acids is 1. The smallest absolute Gasteiger partial charge is 0.305 e. The lowest BCUT2D eigenvalue weighted by atomic mass is 10.0. The molecule has 1 aliphatic rings. The average Bonchev–Trinajstić information content (AvgIpc) is 3.32. The van der Waals surface area contributed by atoms with Crippen LogP contribution in [-0.4, -0.2) is 64.9 Å². The van der Waals surface area contributed by atoms with E-state index in [0.717, 1.165) is 17.7 Å². The number of hydrogen-bond acceptors (Lipinski definition) is 6. The highest BCUT2D eigenvalue weighted by atomic mass is 16.4. The van der Waals surface area contributed by atoms with Crippen molar-refractivity contribution in [3.63, 3.8) is 0 Å². The Morgan fingerprint density at radius 1 is 0.800 bits per heavy atom. The third kappa shape index (κ3) is 8.32. The molecular weight excluding hydrogens is 570 g/mol. The number of benzene rings is 3. The van der Waals surface area contributed by atoms with Crippen molar-refractivity contribution in [3.8, 4) is 0 Å². The van der Waals surface area contributed by atoms with Crippen LogP contribution in [0.1, 0.15) is 50.7 Å². The third-order valence-electron chi connectivity index (χ3n) is 7.70. The van der Waals surface area contributed by atoms with E-state index in [-0.39, 0.29) is 23.8 Å². The summed E-state index contributed by atoms with van der Waals surface area (Å²) in [6.45, 7) is 2.33. The maximum absolute atomic E-state index is 13.4. The van der Waals surface area contributed by atoms with E-state index in [2.05, 4.69) is 20.5 Å². The first-order chi connectivity index (χ1) is 21.9. The standard InChI is InChI=1S/C35H35N5O5/c41-32(21-25-9-3-1-4-10-25)40-18-8-17-39(19-20-40)31-15-14-27(22-30(31)38-34(44)26-11-5-2-6-12-26)35(45)37-29(23-33(42)43)28-13-7-16-36-24-28/h1-7,9-16,22,24,29H,8,17-21,23H2,(H,37,45)(H,38,44)(H,42,43). The van der Waals surface area contributed by atoms with Crippen LogP contribution in [-0.2, 0) is 16.0 Å². The van der Waals surface area contributed by atoms with E-state index in [0.29, 0.717) is 49.4 Å². The Labute approximate surface area is 261 Å². The number of carbonyl (C=O) groups is 4. The van der Waals surface area contributed by atoms with Gasteiger partial charge in [0.1, 0.15) is 0 Å². The van der Waals surface area contributed by atoms with Gasteiger partial charge in [-0.25, -0.2) is 0 Å². The number of carboxylic acid groups (broad SMARTS) is 1. The quantitative estimate of drug-likeness (QED) is 0.242. The van der Waals surface area contributed by atoms with Gasteiger partial charge in [0.25, 0.3) is 11.8 Å². The molecule has 1 atom stereocenters. The van der Waals surface area contributed by atoms with E-state index in [1.165, 1.54) is 6.20 Å². The van der Waals surface area contributed by atoms with Crippen molar-refractivity contribution in [2.75, 3.05) is 36.4 Å². The van der Waals surface area contributed by atoms with Gasteiger partial charge in [0.05, 0.1) is 30.3 Å². The van der Waals surface area contributed by atoms with E-state index < -0.39 is 17.9 Å². The molecule has 3 aromatic carbocycles. The highest BCUT2D eigenvalue weighted by Gasteiger charge is 2.24. The van der Waals surface area contributed by atoms with Gasteiger partial charge in [0, 0.05) is 49.7 Å². The zero-order valence-corrected chi connectivity index (χ0v) is 24.8. The minimum Gasteiger partial charge on any atom is -0.481 e. The number of nitrogens with one attached hydrogen (secondary N) is 2. The molecule has 0 saturated carbocycles. The fourth-order valence-electron chi connectivity index (χ4n) is 5.38. The van der Waals surface area contributed by atoms with Gasteiger partial charge in [-0.15, -0.1) is 0 Å². The normalized spacial score (nSPS) is 13.8. The number of nitrogens with zero attached hydrogens (tertiary/aromatic N) is 3. The Kier molecular flexibility index (Phi) is 10.2. The molecule has 4 aromatic rings. The van der Waals surface area contributed by atoms with Crippen LogP contribution in [0.2, 0.25) is 0 Å². The molecule has 1 saturated heterocycles. The maximum atomic E-state index is 13.4. The second-order valence-corrected chi connectivity index (χ2v) is 10.8. The van der Waals surface area contributed by atoms with E-state index in [1.54, 1.807) is 60.8 Å². The first-order valence-electron chi connectivity index (χ1n) is 14.9. The van der Waals surface area contributed by atoms with Crippen molar-refractivity contribution in [2.24, 2.45) is 0 Å². The molecule has 0 spiro atoms. The largest absolute Gasteiger partial charge is 0.481 e. The van der Waals surface area contributed by atoms with Gasteiger partial charge in [-0.3, -0.25) is 24.2 Å². The Hall–Kier alpha value is -5.51. The Morgan fingerprint density at radius 3 is 2.27 bits per heavy atom. The topological polar surface area (TPSA) is 132 Å². The number of amides is 3. The molecule has 1 unspecified atom stereocenters. The number of carbonyl (C=O) groups excluding carboxylic acids is 3. The molecule has 1 fully saturated rings. The zero-order chi connectivity index (χ0) is 31.6. The summed E-state index contributed by atoms with van der Waals surface area (Å²) < 4.78 is 0. The predicted molar refractivity (Wildman–Crippen MR) is 171 cm³/mol. The lowest BCUT2D eigenvalue weighted by molar-refractivity contribution is -0.137. The van der Waals surface area contributed by atoms with Crippen molar-refractivity contribution in [2.45, 2.75) is 25.3 Å². The van der Waals surface area contributed by atoms with E-state index in [1.807, 2.05) is 41.3 Å². The number of pyridine rings is 1. The van der Waals surface area contributed by atoms with Crippen molar-refractivity contribution in [1.82, 2.24) is 15.2 Å². The van der Waals surface area contributed by atoms with Crippen LogP contribution >= 0.6 is 0 Å². The summed E-state index contributed by atoms with van der Waals surface area (Å²) in [7, 11) is 0. The number of hydrogen-bond donors (Lipinski definition) is 3. The van der Waals surface area contributed by atoms with Gasteiger partial charge in [-0.2, -0.15) is 0 Å². The fourth-order valence-corrected chi connectivity index (χ4v) is 5.38. The van der Waals surface area contributed by atoms with E-state index in [9.17, 15) is 24.3 Å². The van der Waals surface area contributed by atoms with Crippen molar-refractivity contribution >= 4 is 35.1 Å². The molecule has 0 radical (unpaired) electrons. The second-order valence-electron chi connectivity index (χ2n) is 10.8. The molecule has 2 heterocycles. The van der Waals surface area contributed by atoms with Crippen LogP contribution in [0.4, 0.5) is 11.4 Å². The first-order valence-corrected chi connectivity index (χ1v) is 14.9. The van der Waals surface area contributed by atoms with Crippen LogP contribution in [0, 0.1) is 0 Å². The molecule has 230 valence electrons. The summed E-state index contributed by atoms with van der Waals surface area (Å²) >= 11 is 0. The molecule has 5 rings (SSSR count). The first kappa shape index (κ1) is 30.9. The minimum atomic E-state index is -1.06. The highest BCUT2D eigenvalue weighted by molar-refractivity contribution is 6.07. The molecular formula is C35H35N5O5. The minimum absolute atomic E-state index is 0.0669. The Morgan fingerprint density at radius 2 is 1.56 bits per heavy atom. The van der Waals surface area contributed by atoms with Gasteiger partial charge < -0.3 is 25.5 Å². The number of rotatable bonds is 10. The van der Waals surface area contributed by atoms with Crippen molar-refractivity contribution < 1.29 is 24.3 Å². The van der Waals surface area contributed by atoms with Gasteiger partial charge in [0.15, 0.2) is 0 Å². The third-order valence-corrected chi connectivity index (χ3v) is 7.70. The number of anilines is 2. The van der Waals surface area contributed by atoms with Crippen LogP contribution in [0.15, 0.2) is 103 Å². The molecule has 1 aromatic heterocycles. The van der Waals surface area contributed by atoms with Gasteiger partial charge in [-0.1, -0.05) is 54.6 Å². The monoisotopic (exact) mass is 605 g/mol. The molecule has 3 N–H and O–H groups in total. The lowest BCUT2D eigenvalue weighted by Gasteiger charge is -2.27. The molecule has 1 aliphatic heterocycles. The summed E-state index contributed by atoms with van der Waals surface area (Å²) in [5, 5.41) is 15.2. The number of aliphatic carboxylic acids is 1. The van der Waals surface area contributed by atoms with Crippen LogP contribution in [0.3, 0.4) is 0 Å². The summed E-state index contributed by atoms with van der Waals surface area (Å²) in [5.41, 5.74) is 3.43. The number of aromatic nitrogens is 1. The highest BCUT2D eigenvalue weighted by Crippen LogP contribution is 2.30. The van der Waals surface area contributed by atoms with E-state index in [4.69, 9.17) is 0 Å². The molecule has 0 aliphatic carbocycles. The second kappa shape index (κ2) is 14.8. The summed E-state index contributed by atoms with van der Waals surface area (Å²) in [5.74, 6) is -1.81. The molecule has 10 nitrogen and oxygen atoms in total. The summed E-state index contributed by atoms with van der Waals surface area (Å²) in [6.07, 6.45) is 3.85. The van der Waals surface area contributed by atoms with Gasteiger partial charge in [-0.05, 0) is 53.9 Å². The maximum Gasteiger partial charge on any atom is 0.305 e. The van der Waals surface area contributed by atoms with Gasteiger partial charge in [0.2, 0.25) is 5.91 Å². The average molecular weight is 606 g/mol. The van der Waals surface area contributed by atoms with Gasteiger partial charge >= 0.3 is 5.97 Å². The predicted octanol–water partition coefficient (Wildman–Crippen LogP) is 4.56. The summed E-state index contributed by atoms with van der Waals surface area (Å²) in [4.78, 5) is 59.4. The van der Waals surface area contributed by atoms with Crippen LogP contribution < -0.4 is 15.5 Å². The van der Waals surface area contributed by atoms with Crippen LogP contribution in [0.5, 0.6) is 0 Å². The summed E-state index contributed by atoms with van der Waals surface area (Å²) in [6, 6.07) is 26.1. The Balaban J connectivity index is 1.37. The zero-order valence-electron chi connectivity index (χ0n) is 24.8. The fraction of sp³-hybridized carbons (Fsp3) is 0.229. The van der Waals surface area contributed by atoms with Crippen molar-refractivity contribution in [3.05, 3.63) is 126 Å².